The van der Waals surface area contributed by atoms with Crippen LogP contribution in [0.3, 0.4) is 0 Å². The quantitative estimate of drug-likeness (QED) is 0.885. The monoisotopic (exact) mass is 299 g/mol. The van der Waals surface area contributed by atoms with E-state index >= 15 is 0 Å². The zero-order valence-corrected chi connectivity index (χ0v) is 11.4. The molecule has 0 bridgehead atoms. The first-order chi connectivity index (χ1) is 9.88. The number of hydrogen-bond acceptors (Lipinski definition) is 3. The van der Waals surface area contributed by atoms with Crippen LogP contribution in [0.1, 0.15) is 36.0 Å². The Bertz CT molecular complexity index is 567. The summed E-state index contributed by atoms with van der Waals surface area (Å²) in [7, 11) is 0. The minimum Gasteiger partial charge on any atom is -0.468 e. The second-order valence-corrected chi connectivity index (χ2v) is 4.78. The van der Waals surface area contributed by atoms with Gasteiger partial charge in [-0.3, -0.25) is 0 Å². The molecule has 2 rings (SSSR count). The number of aliphatic hydroxyl groups is 1. The van der Waals surface area contributed by atoms with E-state index in [0.29, 0.717) is 5.76 Å². The van der Waals surface area contributed by atoms with E-state index in [2.05, 4.69) is 5.32 Å². The Balaban J connectivity index is 1.99. The predicted octanol–water partition coefficient (Wildman–Crippen LogP) is 3.68. The van der Waals surface area contributed by atoms with E-state index in [-0.39, 0.29) is 18.2 Å². The minimum absolute atomic E-state index is 0.128. The lowest BCUT2D eigenvalue weighted by Crippen LogP contribution is -2.24. The molecule has 0 spiro atoms. The molecule has 1 unspecified atom stereocenters. The molecular weight excluding hydrogens is 283 g/mol. The molecule has 0 aliphatic carbocycles. The van der Waals surface area contributed by atoms with Crippen LogP contribution >= 0.6 is 0 Å². The lowest BCUT2D eigenvalue weighted by molar-refractivity contribution is -0.137. The fourth-order valence-corrected chi connectivity index (χ4v) is 1.97. The van der Waals surface area contributed by atoms with Gasteiger partial charge in [0.25, 0.3) is 0 Å². The molecule has 0 fully saturated rings. The van der Waals surface area contributed by atoms with Crippen LogP contribution in [0.5, 0.6) is 0 Å². The average Bonchev–Trinajstić information content (AvgIpc) is 2.98. The number of alkyl halides is 3. The van der Waals surface area contributed by atoms with Crippen molar-refractivity contribution in [2.75, 3.05) is 6.54 Å². The molecule has 21 heavy (non-hydrogen) atoms. The molecule has 114 valence electrons. The molecule has 0 saturated carbocycles. The Labute approximate surface area is 120 Å². The summed E-state index contributed by atoms with van der Waals surface area (Å²) in [5.74, 6) is 0.700. The van der Waals surface area contributed by atoms with Crippen molar-refractivity contribution in [3.63, 3.8) is 0 Å². The zero-order valence-electron chi connectivity index (χ0n) is 11.4. The van der Waals surface area contributed by atoms with E-state index in [1.807, 2.05) is 6.92 Å². The van der Waals surface area contributed by atoms with Crippen LogP contribution in [0.15, 0.2) is 47.1 Å². The molecule has 6 heteroatoms. The first-order valence-corrected chi connectivity index (χ1v) is 6.50. The van der Waals surface area contributed by atoms with Crippen molar-refractivity contribution in [1.29, 1.82) is 0 Å². The molecule has 0 amide bonds. The Morgan fingerprint density at radius 1 is 1.24 bits per heavy atom. The molecule has 2 atom stereocenters. The van der Waals surface area contributed by atoms with Crippen LogP contribution in [-0.4, -0.2) is 11.7 Å². The topological polar surface area (TPSA) is 45.4 Å². The number of halogens is 3. The second kappa shape index (κ2) is 6.32. The summed E-state index contributed by atoms with van der Waals surface area (Å²) in [5.41, 5.74) is -0.540. The maximum Gasteiger partial charge on any atom is 0.416 e. The first-order valence-electron chi connectivity index (χ1n) is 6.50. The summed E-state index contributed by atoms with van der Waals surface area (Å²) >= 11 is 0. The predicted molar refractivity (Wildman–Crippen MR) is 71.5 cm³/mol. The maximum absolute atomic E-state index is 12.6. The first kappa shape index (κ1) is 15.6. The van der Waals surface area contributed by atoms with E-state index in [1.165, 1.54) is 18.4 Å². The normalized spacial score (nSPS) is 14.9. The lowest BCUT2D eigenvalue weighted by atomic mass is 10.1. The van der Waals surface area contributed by atoms with E-state index in [4.69, 9.17) is 4.42 Å². The average molecular weight is 299 g/mol. The van der Waals surface area contributed by atoms with Crippen molar-refractivity contribution in [2.45, 2.75) is 25.2 Å². The zero-order chi connectivity index (χ0) is 15.5. The Morgan fingerprint density at radius 3 is 2.62 bits per heavy atom. The third kappa shape index (κ3) is 4.09. The van der Waals surface area contributed by atoms with Gasteiger partial charge in [0, 0.05) is 6.54 Å². The van der Waals surface area contributed by atoms with Crippen LogP contribution in [0, 0.1) is 0 Å². The maximum atomic E-state index is 12.6. The van der Waals surface area contributed by atoms with Crippen molar-refractivity contribution < 1.29 is 22.7 Å². The number of rotatable bonds is 5. The largest absolute Gasteiger partial charge is 0.468 e. The van der Waals surface area contributed by atoms with Gasteiger partial charge in [-0.15, -0.1) is 0 Å². The Hall–Kier alpha value is -1.79. The number of hydrogen-bond donors (Lipinski definition) is 2. The number of aliphatic hydroxyl groups excluding tert-OH is 1. The number of furan rings is 1. The van der Waals surface area contributed by atoms with E-state index in [0.717, 1.165) is 12.1 Å². The fraction of sp³-hybridized carbons (Fsp3) is 0.333. The summed E-state index contributed by atoms with van der Waals surface area (Å²) in [6, 6.07) is 8.10. The molecule has 1 aromatic carbocycles. The van der Waals surface area contributed by atoms with Crippen LogP contribution < -0.4 is 5.32 Å². The highest BCUT2D eigenvalue weighted by Crippen LogP contribution is 2.30. The van der Waals surface area contributed by atoms with Crippen LogP contribution in [0.2, 0.25) is 0 Å². The van der Waals surface area contributed by atoms with Gasteiger partial charge in [-0.2, -0.15) is 13.2 Å². The highest BCUT2D eigenvalue weighted by molar-refractivity contribution is 5.27. The fourth-order valence-electron chi connectivity index (χ4n) is 1.97. The minimum atomic E-state index is -4.41. The van der Waals surface area contributed by atoms with Crippen molar-refractivity contribution in [2.24, 2.45) is 0 Å². The van der Waals surface area contributed by atoms with Gasteiger partial charge in [0.05, 0.1) is 24.0 Å². The van der Waals surface area contributed by atoms with E-state index in [9.17, 15) is 18.3 Å². The van der Waals surface area contributed by atoms with Crippen LogP contribution in [0.25, 0.3) is 0 Å². The summed E-state index contributed by atoms with van der Waals surface area (Å²) in [4.78, 5) is 0. The van der Waals surface area contributed by atoms with Crippen molar-refractivity contribution in [3.8, 4) is 0 Å². The van der Waals surface area contributed by atoms with Gasteiger partial charge in [0.15, 0.2) is 0 Å². The van der Waals surface area contributed by atoms with E-state index in [1.54, 1.807) is 12.1 Å². The smallest absolute Gasteiger partial charge is 0.416 e. The Kier molecular flexibility index (Phi) is 4.69. The van der Waals surface area contributed by atoms with Gasteiger partial charge >= 0.3 is 6.18 Å². The molecule has 0 saturated heterocycles. The summed E-state index contributed by atoms with van der Waals surface area (Å²) in [5, 5.41) is 13.0. The third-order valence-electron chi connectivity index (χ3n) is 3.19. The SMILES string of the molecule is C[C@H](NCC(O)c1cccc(C(F)(F)F)c1)c1ccco1. The Morgan fingerprint density at radius 2 is 2.00 bits per heavy atom. The van der Waals surface area contributed by atoms with Gasteiger partial charge in [0.1, 0.15) is 5.76 Å². The second-order valence-electron chi connectivity index (χ2n) is 4.78. The standard InChI is InChI=1S/C15H16F3NO2/c1-10(14-6-3-7-21-14)19-9-13(20)11-4-2-5-12(8-11)15(16,17)18/h2-8,10,13,19-20H,9H2,1H3/t10-,13?/m0/s1. The highest BCUT2D eigenvalue weighted by Gasteiger charge is 2.30. The van der Waals surface area contributed by atoms with Gasteiger partial charge in [-0.1, -0.05) is 12.1 Å². The van der Waals surface area contributed by atoms with Crippen molar-refractivity contribution >= 4 is 0 Å². The van der Waals surface area contributed by atoms with Gasteiger partial charge in [-0.05, 0) is 36.8 Å². The number of nitrogens with one attached hydrogen (secondary N) is 1. The molecule has 0 aliphatic heterocycles. The molecular formula is C15H16F3NO2. The molecule has 1 heterocycles. The van der Waals surface area contributed by atoms with E-state index < -0.39 is 17.8 Å². The molecule has 0 aliphatic rings. The van der Waals surface area contributed by atoms with Gasteiger partial charge in [0.2, 0.25) is 0 Å². The number of benzene rings is 1. The summed E-state index contributed by atoms with van der Waals surface area (Å²) in [6.45, 7) is 1.97. The summed E-state index contributed by atoms with van der Waals surface area (Å²) in [6.07, 6.45) is -3.90. The van der Waals surface area contributed by atoms with Crippen LogP contribution in [0.4, 0.5) is 13.2 Å². The highest BCUT2D eigenvalue weighted by atomic mass is 19.4. The van der Waals surface area contributed by atoms with Crippen molar-refractivity contribution in [3.05, 3.63) is 59.5 Å². The molecule has 3 nitrogen and oxygen atoms in total. The molecule has 0 radical (unpaired) electrons. The molecule has 1 aromatic heterocycles. The van der Waals surface area contributed by atoms with Crippen LogP contribution in [-0.2, 0) is 6.18 Å². The third-order valence-corrected chi connectivity index (χ3v) is 3.19. The van der Waals surface area contributed by atoms with Gasteiger partial charge in [-0.25, -0.2) is 0 Å². The summed E-state index contributed by atoms with van der Waals surface area (Å²) < 4.78 is 43.1. The lowest BCUT2D eigenvalue weighted by Gasteiger charge is -2.17. The molecule has 2 N–H and O–H groups in total. The van der Waals surface area contributed by atoms with Gasteiger partial charge < -0.3 is 14.8 Å². The molecule has 2 aromatic rings. The van der Waals surface area contributed by atoms with Crippen molar-refractivity contribution in [1.82, 2.24) is 5.32 Å².